The predicted octanol–water partition coefficient (Wildman–Crippen LogP) is 5.91. The Hall–Kier alpha value is -2.96. The number of hydrogen-bond acceptors (Lipinski definition) is 4. The highest BCUT2D eigenvalue weighted by atomic mass is 16.5. The number of phenolic OH excluding ortho intramolecular Hbond substituents is 1. The highest BCUT2D eigenvalue weighted by molar-refractivity contribution is 6.00. The number of carboxylic acid groups (broad SMARTS) is 1. The minimum atomic E-state index is -0.931. The molecule has 2 amide bonds. The van der Waals surface area contributed by atoms with Crippen LogP contribution in [-0.4, -0.2) is 51.8 Å². The van der Waals surface area contributed by atoms with Gasteiger partial charge in [-0.1, -0.05) is 31.4 Å². The van der Waals surface area contributed by atoms with Gasteiger partial charge >= 0.3 is 6.09 Å². The molecule has 1 aromatic carbocycles. The van der Waals surface area contributed by atoms with Crippen LogP contribution in [0.15, 0.2) is 23.8 Å². The summed E-state index contributed by atoms with van der Waals surface area (Å²) in [5.41, 5.74) is 2.43. The first kappa shape index (κ1) is 26.6. The predicted molar refractivity (Wildman–Crippen MR) is 138 cm³/mol. The van der Waals surface area contributed by atoms with Crippen molar-refractivity contribution in [2.75, 3.05) is 13.1 Å². The van der Waals surface area contributed by atoms with Crippen molar-refractivity contribution >= 4 is 18.1 Å². The van der Waals surface area contributed by atoms with Gasteiger partial charge in [-0.15, -0.1) is 0 Å². The molecule has 7 nitrogen and oxygen atoms in total. The molecule has 3 N–H and O–H groups in total. The molecule has 0 aromatic heterocycles. The maximum atomic E-state index is 13.3. The highest BCUT2D eigenvalue weighted by Crippen LogP contribution is 2.42. The maximum Gasteiger partial charge on any atom is 0.407 e. The monoisotopic (exact) mass is 484 g/mol. The first-order valence-corrected chi connectivity index (χ1v) is 12.8. The van der Waals surface area contributed by atoms with E-state index in [1.54, 1.807) is 0 Å². The number of nitrogens with one attached hydrogen (secondary N) is 1. The zero-order valence-corrected chi connectivity index (χ0v) is 21.5. The number of aromatic hydroxyl groups is 1. The van der Waals surface area contributed by atoms with E-state index in [-0.39, 0.29) is 17.7 Å². The third kappa shape index (κ3) is 6.80. The molecule has 0 saturated carbocycles. The third-order valence-electron chi connectivity index (χ3n) is 6.90. The van der Waals surface area contributed by atoms with E-state index in [0.29, 0.717) is 49.2 Å². The molecule has 2 aliphatic rings. The standard InChI is InChI=1S/C28H40N2O5/c1-5-6-7-10-20-18-23-22(11-15-28(4,35-23)14-8-9-19(2)3)25(31)24(20)26(32)29-21-12-16-30(17-13-21)27(33)34/h9,11,15,18,21,31H,5-8,10,12-14,16-17H2,1-4H3,(H,29,32)(H,33,34). The number of piperidine rings is 1. The molecule has 35 heavy (non-hydrogen) atoms. The second-order valence-corrected chi connectivity index (χ2v) is 10.2. The fourth-order valence-electron chi connectivity index (χ4n) is 4.77. The van der Waals surface area contributed by atoms with Gasteiger partial charge in [0.2, 0.25) is 0 Å². The number of carbonyl (C=O) groups is 2. The van der Waals surface area contributed by atoms with Crippen LogP contribution in [-0.2, 0) is 6.42 Å². The normalized spacial score (nSPS) is 19.6. The number of nitrogens with zero attached hydrogens (tertiary/aromatic N) is 1. The molecular formula is C28H40N2O5. The molecule has 2 heterocycles. The van der Waals surface area contributed by atoms with E-state index in [2.05, 4.69) is 32.2 Å². The minimum Gasteiger partial charge on any atom is -0.506 e. The number of hydrogen-bond donors (Lipinski definition) is 3. The number of allylic oxidation sites excluding steroid dienone is 2. The van der Waals surface area contributed by atoms with E-state index in [4.69, 9.17) is 9.84 Å². The number of aryl methyl sites for hydroxylation is 1. The molecule has 1 unspecified atom stereocenters. The Morgan fingerprint density at radius 1 is 1.26 bits per heavy atom. The zero-order chi connectivity index (χ0) is 25.6. The second kappa shape index (κ2) is 11.6. The Labute approximate surface area is 208 Å². The SMILES string of the molecule is CCCCCc1cc2c(c(O)c1C(=O)NC1CCN(C(=O)O)CC1)C=CC(C)(CCC=C(C)C)O2. The number of fused-ring (bicyclic) bond motifs is 1. The molecule has 192 valence electrons. The Morgan fingerprint density at radius 3 is 2.60 bits per heavy atom. The van der Waals surface area contributed by atoms with Gasteiger partial charge in [-0.3, -0.25) is 4.79 Å². The summed E-state index contributed by atoms with van der Waals surface area (Å²) in [7, 11) is 0. The van der Waals surface area contributed by atoms with Crippen LogP contribution in [0.4, 0.5) is 4.79 Å². The summed E-state index contributed by atoms with van der Waals surface area (Å²) < 4.78 is 6.38. The smallest absolute Gasteiger partial charge is 0.407 e. The Bertz CT molecular complexity index is 988. The molecule has 7 heteroatoms. The largest absolute Gasteiger partial charge is 0.506 e. The lowest BCUT2D eigenvalue weighted by Crippen LogP contribution is -2.46. The van der Waals surface area contributed by atoms with Crippen LogP contribution in [0.3, 0.4) is 0 Å². The van der Waals surface area contributed by atoms with Crippen molar-refractivity contribution < 1.29 is 24.5 Å². The quantitative estimate of drug-likeness (QED) is 0.299. The van der Waals surface area contributed by atoms with E-state index >= 15 is 0 Å². The molecule has 3 rings (SSSR count). The first-order chi connectivity index (χ1) is 16.6. The molecule has 0 radical (unpaired) electrons. The highest BCUT2D eigenvalue weighted by Gasteiger charge is 2.32. The van der Waals surface area contributed by atoms with Crippen LogP contribution >= 0.6 is 0 Å². The van der Waals surface area contributed by atoms with E-state index in [1.807, 2.05) is 25.1 Å². The molecule has 0 bridgehead atoms. The second-order valence-electron chi connectivity index (χ2n) is 10.2. The van der Waals surface area contributed by atoms with E-state index in [1.165, 1.54) is 10.5 Å². The Balaban J connectivity index is 1.84. The summed E-state index contributed by atoms with van der Waals surface area (Å²) >= 11 is 0. The molecule has 0 spiro atoms. The molecular weight excluding hydrogens is 444 g/mol. The number of carbonyl (C=O) groups excluding carboxylic acids is 1. The summed E-state index contributed by atoms with van der Waals surface area (Å²) in [4.78, 5) is 25.9. The van der Waals surface area contributed by atoms with Crippen molar-refractivity contribution in [2.45, 2.75) is 90.7 Å². The van der Waals surface area contributed by atoms with Crippen LogP contribution in [0, 0.1) is 0 Å². The van der Waals surface area contributed by atoms with Crippen molar-refractivity contribution in [3.63, 3.8) is 0 Å². The van der Waals surface area contributed by atoms with Crippen molar-refractivity contribution in [3.8, 4) is 11.5 Å². The van der Waals surface area contributed by atoms with Gasteiger partial charge in [0.25, 0.3) is 5.91 Å². The van der Waals surface area contributed by atoms with Crippen LogP contribution in [0.2, 0.25) is 0 Å². The van der Waals surface area contributed by atoms with Crippen molar-refractivity contribution in [2.24, 2.45) is 0 Å². The van der Waals surface area contributed by atoms with Gasteiger partial charge in [0, 0.05) is 19.1 Å². The molecule has 1 saturated heterocycles. The van der Waals surface area contributed by atoms with Gasteiger partial charge in [-0.05, 0) is 83.1 Å². The number of rotatable bonds is 9. The van der Waals surface area contributed by atoms with Crippen molar-refractivity contribution in [1.29, 1.82) is 0 Å². The molecule has 1 aromatic rings. The number of unbranched alkanes of at least 4 members (excludes halogenated alkanes) is 2. The van der Waals surface area contributed by atoms with E-state index < -0.39 is 11.7 Å². The van der Waals surface area contributed by atoms with Gasteiger partial charge in [0.1, 0.15) is 17.1 Å². The van der Waals surface area contributed by atoms with Crippen LogP contribution < -0.4 is 10.1 Å². The van der Waals surface area contributed by atoms with E-state index in [9.17, 15) is 14.7 Å². The van der Waals surface area contributed by atoms with Crippen LogP contribution in [0.1, 0.15) is 94.1 Å². The summed E-state index contributed by atoms with van der Waals surface area (Å²) in [5.74, 6) is 0.260. The van der Waals surface area contributed by atoms with Gasteiger partial charge < -0.3 is 25.2 Å². The van der Waals surface area contributed by atoms with Gasteiger partial charge in [0.05, 0.1) is 11.1 Å². The maximum absolute atomic E-state index is 13.3. The Kier molecular flexibility index (Phi) is 8.87. The van der Waals surface area contributed by atoms with Crippen molar-refractivity contribution in [1.82, 2.24) is 10.2 Å². The summed E-state index contributed by atoms with van der Waals surface area (Å²) in [6.07, 6.45) is 11.6. The summed E-state index contributed by atoms with van der Waals surface area (Å²) in [6.45, 7) is 9.12. The van der Waals surface area contributed by atoms with Gasteiger partial charge in [-0.2, -0.15) is 0 Å². The van der Waals surface area contributed by atoms with Gasteiger partial charge in [0.15, 0.2) is 0 Å². The first-order valence-electron chi connectivity index (χ1n) is 12.8. The lowest BCUT2D eigenvalue weighted by Gasteiger charge is -2.33. The number of benzene rings is 1. The number of ether oxygens (including phenoxy) is 1. The molecule has 1 fully saturated rings. The fourth-order valence-corrected chi connectivity index (χ4v) is 4.77. The third-order valence-corrected chi connectivity index (χ3v) is 6.90. The minimum absolute atomic E-state index is 0.0444. The molecule has 0 aliphatic carbocycles. The van der Waals surface area contributed by atoms with Crippen LogP contribution in [0.25, 0.3) is 6.08 Å². The van der Waals surface area contributed by atoms with Crippen LogP contribution in [0.5, 0.6) is 11.5 Å². The Morgan fingerprint density at radius 2 is 1.97 bits per heavy atom. The van der Waals surface area contributed by atoms with Crippen molar-refractivity contribution in [3.05, 3.63) is 40.5 Å². The topological polar surface area (TPSA) is 99.1 Å². The fraction of sp³-hybridized carbons (Fsp3) is 0.571. The molecule has 2 aliphatic heterocycles. The molecule has 1 atom stereocenters. The summed E-state index contributed by atoms with van der Waals surface area (Å²) in [5, 5.41) is 23.4. The zero-order valence-electron chi connectivity index (χ0n) is 21.5. The number of phenols is 1. The van der Waals surface area contributed by atoms with Gasteiger partial charge in [-0.25, -0.2) is 4.79 Å². The average molecular weight is 485 g/mol. The lowest BCUT2D eigenvalue weighted by atomic mass is 9.90. The van der Waals surface area contributed by atoms with E-state index in [0.717, 1.165) is 37.7 Å². The lowest BCUT2D eigenvalue weighted by molar-refractivity contribution is 0.0903. The summed E-state index contributed by atoms with van der Waals surface area (Å²) in [6, 6.07) is 1.80. The number of amides is 2. The number of likely N-dealkylation sites (tertiary alicyclic amines) is 1. The average Bonchev–Trinajstić information content (AvgIpc) is 2.79.